The van der Waals surface area contributed by atoms with Crippen molar-refractivity contribution >= 4 is 27.6 Å². The Kier molecular flexibility index (Phi) is 3.72. The van der Waals surface area contributed by atoms with Crippen LogP contribution in [-0.2, 0) is 16.6 Å². The summed E-state index contributed by atoms with van der Waals surface area (Å²) in [7, 11) is -3.81. The minimum atomic E-state index is -3.81. The highest BCUT2D eigenvalue weighted by molar-refractivity contribution is 7.92. The first-order chi connectivity index (χ1) is 8.92. The van der Waals surface area contributed by atoms with Crippen LogP contribution in [0.3, 0.4) is 0 Å². The highest BCUT2D eigenvalue weighted by Gasteiger charge is 2.20. The van der Waals surface area contributed by atoms with Crippen LogP contribution in [0.5, 0.6) is 0 Å². The topological polar surface area (TPSA) is 89.8 Å². The number of sulfonamides is 1. The lowest BCUT2D eigenvalue weighted by molar-refractivity contribution is 0.597. The van der Waals surface area contributed by atoms with Crippen molar-refractivity contribution in [3.05, 3.63) is 29.4 Å². The molecule has 0 aliphatic carbocycles. The number of nitrogens with one attached hydrogen (secondary N) is 1. The molecule has 0 atom stereocenters. The van der Waals surface area contributed by atoms with Gasteiger partial charge in [-0.2, -0.15) is 8.42 Å². The van der Waals surface area contributed by atoms with Crippen molar-refractivity contribution in [2.75, 3.05) is 4.72 Å². The Balaban J connectivity index is 2.32. The molecular formula is C10H12ClN5O2S. The summed E-state index contributed by atoms with van der Waals surface area (Å²) < 4.78 is 28.1. The number of aryl methyl sites for hydroxylation is 2. The summed E-state index contributed by atoms with van der Waals surface area (Å²) in [4.78, 5) is 11.5. The van der Waals surface area contributed by atoms with Crippen molar-refractivity contribution in [3.63, 3.8) is 0 Å². The molecule has 1 N–H and O–H groups in total. The van der Waals surface area contributed by atoms with Gasteiger partial charge in [0.2, 0.25) is 5.95 Å². The van der Waals surface area contributed by atoms with Gasteiger partial charge < -0.3 is 4.57 Å². The Morgan fingerprint density at radius 3 is 2.74 bits per heavy atom. The Hall–Kier alpha value is -1.67. The maximum absolute atomic E-state index is 12.1. The van der Waals surface area contributed by atoms with Crippen LogP contribution in [0.1, 0.15) is 12.7 Å². The van der Waals surface area contributed by atoms with Crippen LogP contribution >= 0.6 is 11.6 Å². The van der Waals surface area contributed by atoms with Crippen LogP contribution in [0, 0.1) is 6.92 Å². The fourth-order valence-corrected chi connectivity index (χ4v) is 2.59. The summed E-state index contributed by atoms with van der Waals surface area (Å²) in [6.45, 7) is 4.28. The van der Waals surface area contributed by atoms with Gasteiger partial charge in [0.15, 0.2) is 5.03 Å². The maximum Gasteiger partial charge on any atom is 0.283 e. The first-order valence-corrected chi connectivity index (χ1v) is 7.33. The molecule has 0 radical (unpaired) electrons. The van der Waals surface area contributed by atoms with E-state index in [0.29, 0.717) is 12.4 Å². The lowest BCUT2D eigenvalue weighted by Crippen LogP contribution is -2.15. The van der Waals surface area contributed by atoms with Gasteiger partial charge >= 0.3 is 0 Å². The van der Waals surface area contributed by atoms with Gasteiger partial charge in [0.1, 0.15) is 11.0 Å². The summed E-state index contributed by atoms with van der Waals surface area (Å²) in [6.07, 6.45) is 2.82. The Morgan fingerprint density at radius 2 is 2.16 bits per heavy atom. The molecule has 0 aromatic carbocycles. The quantitative estimate of drug-likeness (QED) is 0.863. The molecule has 0 bridgehead atoms. The molecule has 0 saturated carbocycles. The summed E-state index contributed by atoms with van der Waals surface area (Å²) in [6, 6.07) is 1.45. The summed E-state index contributed by atoms with van der Waals surface area (Å²) in [5, 5.41) is 0.0818. The molecule has 0 aliphatic heterocycles. The molecule has 0 aliphatic rings. The number of aromatic nitrogens is 4. The van der Waals surface area contributed by atoms with E-state index in [1.54, 1.807) is 11.5 Å². The van der Waals surface area contributed by atoms with Crippen molar-refractivity contribution in [3.8, 4) is 0 Å². The maximum atomic E-state index is 12.1. The van der Waals surface area contributed by atoms with Crippen LogP contribution in [0.2, 0.25) is 5.15 Å². The molecule has 0 spiro atoms. The molecule has 0 unspecified atom stereocenters. The lowest BCUT2D eigenvalue weighted by atomic mass is 10.6. The predicted octanol–water partition coefficient (Wildman–Crippen LogP) is 1.46. The second-order valence-electron chi connectivity index (χ2n) is 3.72. The average molecular weight is 302 g/mol. The second kappa shape index (κ2) is 5.14. The van der Waals surface area contributed by atoms with Gasteiger partial charge in [-0.3, -0.25) is 0 Å². The van der Waals surface area contributed by atoms with Gasteiger partial charge in [0, 0.05) is 18.9 Å². The molecule has 0 amide bonds. The van der Waals surface area contributed by atoms with Gasteiger partial charge in [0.25, 0.3) is 10.0 Å². The third kappa shape index (κ3) is 3.02. The molecular weight excluding hydrogens is 290 g/mol. The van der Waals surface area contributed by atoms with E-state index >= 15 is 0 Å². The van der Waals surface area contributed by atoms with E-state index in [2.05, 4.69) is 19.7 Å². The fourth-order valence-electron chi connectivity index (χ4n) is 1.49. The number of imidazole rings is 1. The fraction of sp³-hybridized carbons (Fsp3) is 0.300. The van der Waals surface area contributed by atoms with E-state index in [-0.39, 0.29) is 16.1 Å². The zero-order valence-electron chi connectivity index (χ0n) is 10.3. The summed E-state index contributed by atoms with van der Waals surface area (Å²) in [5.41, 5.74) is 0. The Labute approximate surface area is 115 Å². The molecule has 2 aromatic rings. The lowest BCUT2D eigenvalue weighted by Gasteiger charge is -2.03. The smallest absolute Gasteiger partial charge is 0.283 e. The minimum absolute atomic E-state index is 0.0737. The van der Waals surface area contributed by atoms with Gasteiger partial charge in [-0.15, -0.1) is 0 Å². The number of hydrogen-bond acceptors (Lipinski definition) is 5. The zero-order valence-corrected chi connectivity index (χ0v) is 11.9. The van der Waals surface area contributed by atoms with Crippen molar-refractivity contribution in [2.45, 2.75) is 25.4 Å². The minimum Gasteiger partial charge on any atom is -0.334 e. The molecule has 2 rings (SSSR count). The molecule has 2 heterocycles. The monoisotopic (exact) mass is 301 g/mol. The van der Waals surface area contributed by atoms with E-state index in [0.717, 1.165) is 0 Å². The standard InChI is InChI=1S/C10H12ClN5O2S/c1-3-16-6-9(13-7(16)2)19(17,18)15-10-12-5-4-8(11)14-10/h4-6H,3H2,1-2H3,(H,12,14,15). The number of halogens is 1. The first kappa shape index (κ1) is 13.8. The zero-order chi connectivity index (χ0) is 14.0. The Morgan fingerprint density at radius 1 is 1.42 bits per heavy atom. The number of hydrogen-bond donors (Lipinski definition) is 1. The first-order valence-electron chi connectivity index (χ1n) is 5.47. The third-order valence-corrected chi connectivity index (χ3v) is 3.83. The molecule has 2 aromatic heterocycles. The third-order valence-electron chi connectivity index (χ3n) is 2.42. The molecule has 102 valence electrons. The van der Waals surface area contributed by atoms with E-state index in [9.17, 15) is 8.42 Å². The van der Waals surface area contributed by atoms with Crippen LogP contribution in [-0.4, -0.2) is 27.9 Å². The van der Waals surface area contributed by atoms with Crippen LogP contribution in [0.4, 0.5) is 5.95 Å². The number of nitrogens with zero attached hydrogens (tertiary/aromatic N) is 4. The highest BCUT2D eigenvalue weighted by Crippen LogP contribution is 2.14. The molecule has 19 heavy (non-hydrogen) atoms. The number of rotatable bonds is 4. The average Bonchev–Trinajstić information content (AvgIpc) is 2.71. The van der Waals surface area contributed by atoms with E-state index in [4.69, 9.17) is 11.6 Å². The largest absolute Gasteiger partial charge is 0.334 e. The van der Waals surface area contributed by atoms with Gasteiger partial charge in [0.05, 0.1) is 0 Å². The molecule has 0 saturated heterocycles. The highest BCUT2D eigenvalue weighted by atomic mass is 35.5. The van der Waals surface area contributed by atoms with E-state index < -0.39 is 10.0 Å². The summed E-state index contributed by atoms with van der Waals surface area (Å²) >= 11 is 5.67. The number of anilines is 1. The van der Waals surface area contributed by atoms with Gasteiger partial charge in [-0.1, -0.05) is 11.6 Å². The van der Waals surface area contributed by atoms with Crippen LogP contribution in [0.25, 0.3) is 0 Å². The van der Waals surface area contributed by atoms with Crippen molar-refractivity contribution in [1.29, 1.82) is 0 Å². The molecule has 0 fully saturated rings. The van der Waals surface area contributed by atoms with Gasteiger partial charge in [-0.25, -0.2) is 19.7 Å². The van der Waals surface area contributed by atoms with Crippen molar-refractivity contribution in [2.24, 2.45) is 0 Å². The Bertz CT molecular complexity index is 698. The predicted molar refractivity (Wildman–Crippen MR) is 70.5 cm³/mol. The SMILES string of the molecule is CCn1cc(S(=O)(=O)Nc2nccc(Cl)n2)nc1C. The second-order valence-corrected chi connectivity index (χ2v) is 5.74. The van der Waals surface area contributed by atoms with Crippen molar-refractivity contribution in [1.82, 2.24) is 19.5 Å². The normalized spacial score (nSPS) is 11.5. The van der Waals surface area contributed by atoms with Crippen molar-refractivity contribution < 1.29 is 8.42 Å². The van der Waals surface area contributed by atoms with E-state index in [1.807, 2.05) is 6.92 Å². The van der Waals surface area contributed by atoms with Crippen LogP contribution in [0.15, 0.2) is 23.5 Å². The molecule has 7 nitrogen and oxygen atoms in total. The molecule has 9 heteroatoms. The van der Waals surface area contributed by atoms with E-state index in [1.165, 1.54) is 18.5 Å². The van der Waals surface area contributed by atoms with Crippen LogP contribution < -0.4 is 4.72 Å². The van der Waals surface area contributed by atoms with Gasteiger partial charge in [-0.05, 0) is 19.9 Å². The summed E-state index contributed by atoms with van der Waals surface area (Å²) in [5.74, 6) is 0.533.